The minimum Gasteiger partial charge on any atom is -0.289 e. The Morgan fingerprint density at radius 2 is 1.72 bits per heavy atom. The van der Waals surface area contributed by atoms with Gasteiger partial charge in [0.1, 0.15) is 0 Å². The third-order valence-corrected chi connectivity index (χ3v) is 3.44. The molecule has 0 aliphatic rings. The third kappa shape index (κ3) is 4.26. The molecule has 0 radical (unpaired) electrons. The average Bonchev–Trinajstić information content (AvgIpc) is 2.39. The quantitative estimate of drug-likeness (QED) is 0.575. The van der Waals surface area contributed by atoms with Gasteiger partial charge in [0.2, 0.25) is 0 Å². The largest absolute Gasteiger partial charge is 0.289 e. The van der Waals surface area contributed by atoms with Crippen LogP contribution in [0.1, 0.15) is 18.1 Å². The fraction of sp³-hybridized carbons (Fsp3) is 0.188. The first-order valence-electron chi connectivity index (χ1n) is 6.07. The van der Waals surface area contributed by atoms with Crippen LogP contribution in [0.25, 0.3) is 0 Å². The molecule has 0 N–H and O–H groups in total. The van der Waals surface area contributed by atoms with Gasteiger partial charge in [-0.15, -0.1) is 0 Å². The second kappa shape index (κ2) is 6.69. The Kier molecular flexibility index (Phi) is 4.93. The molecule has 92 valence electrons. The molecule has 0 fully saturated rings. The van der Waals surface area contributed by atoms with Crippen molar-refractivity contribution in [1.29, 1.82) is 0 Å². The van der Waals surface area contributed by atoms with E-state index in [2.05, 4.69) is 83.0 Å². The molecule has 0 aromatic heterocycles. The maximum atomic E-state index is 4.59. The molecule has 0 aliphatic carbocycles. The summed E-state index contributed by atoms with van der Waals surface area (Å²) < 4.78 is 1.25. The van der Waals surface area contributed by atoms with Crippen LogP contribution >= 0.6 is 22.6 Å². The van der Waals surface area contributed by atoms with Crippen molar-refractivity contribution < 1.29 is 0 Å². The molecule has 2 heteroatoms. The van der Waals surface area contributed by atoms with Crippen LogP contribution in [0.15, 0.2) is 59.6 Å². The fourth-order valence-corrected chi connectivity index (χ4v) is 2.13. The molecule has 18 heavy (non-hydrogen) atoms. The average molecular weight is 349 g/mol. The van der Waals surface area contributed by atoms with Crippen molar-refractivity contribution in [3.05, 3.63) is 69.3 Å². The van der Waals surface area contributed by atoms with Crippen molar-refractivity contribution in [2.75, 3.05) is 0 Å². The molecular weight excluding hydrogens is 333 g/mol. The number of benzene rings is 2. The smallest absolute Gasteiger partial charge is 0.0511 e. The first-order valence-corrected chi connectivity index (χ1v) is 7.14. The topological polar surface area (TPSA) is 12.4 Å². The zero-order valence-corrected chi connectivity index (χ0v) is 12.5. The number of aliphatic imine (C=N–C) groups is 1. The normalized spacial score (nSPS) is 12.8. The van der Waals surface area contributed by atoms with E-state index in [4.69, 9.17) is 0 Å². The van der Waals surface area contributed by atoms with E-state index >= 15 is 0 Å². The summed E-state index contributed by atoms with van der Waals surface area (Å²) in [5.41, 5.74) is 2.50. The summed E-state index contributed by atoms with van der Waals surface area (Å²) in [5.74, 6) is 0. The number of hydrogen-bond donors (Lipinski definition) is 0. The van der Waals surface area contributed by atoms with Gasteiger partial charge in [-0.2, -0.15) is 0 Å². The van der Waals surface area contributed by atoms with Gasteiger partial charge in [0.05, 0.1) is 6.04 Å². The lowest BCUT2D eigenvalue weighted by Crippen LogP contribution is -2.03. The van der Waals surface area contributed by atoms with Crippen LogP contribution in [0.5, 0.6) is 0 Å². The number of hydrogen-bond acceptors (Lipinski definition) is 1. The van der Waals surface area contributed by atoms with Crippen LogP contribution < -0.4 is 0 Å². The Labute approximate surface area is 122 Å². The van der Waals surface area contributed by atoms with Crippen LogP contribution in [0.3, 0.4) is 0 Å². The van der Waals surface area contributed by atoms with Gasteiger partial charge in [-0.3, -0.25) is 4.99 Å². The van der Waals surface area contributed by atoms with E-state index in [0.717, 1.165) is 12.0 Å². The van der Waals surface area contributed by atoms with Gasteiger partial charge < -0.3 is 0 Å². The Hall–Kier alpha value is -1.16. The van der Waals surface area contributed by atoms with Crippen molar-refractivity contribution in [3.63, 3.8) is 0 Å². The van der Waals surface area contributed by atoms with E-state index in [0.29, 0.717) is 6.04 Å². The third-order valence-electron chi connectivity index (χ3n) is 2.72. The van der Waals surface area contributed by atoms with Crippen LogP contribution in [0, 0.1) is 3.57 Å². The zero-order chi connectivity index (χ0) is 12.8. The summed E-state index contributed by atoms with van der Waals surface area (Å²) in [4.78, 5) is 4.59. The monoisotopic (exact) mass is 349 g/mol. The fourth-order valence-electron chi connectivity index (χ4n) is 1.77. The molecule has 1 nitrogen and oxygen atoms in total. The minimum atomic E-state index is 0.312. The summed E-state index contributed by atoms with van der Waals surface area (Å²) in [6.45, 7) is 2.15. The predicted octanol–water partition coefficient (Wildman–Crippen LogP) is 4.34. The SMILES string of the molecule is CC(Cc1ccccc1)N=Cc1ccc(I)cc1. The Bertz CT molecular complexity index is 502. The molecule has 2 rings (SSSR count). The van der Waals surface area contributed by atoms with E-state index in [1.165, 1.54) is 9.13 Å². The predicted molar refractivity (Wildman–Crippen MR) is 86.4 cm³/mol. The van der Waals surface area contributed by atoms with Crippen LogP contribution in [0.4, 0.5) is 0 Å². The van der Waals surface area contributed by atoms with Gasteiger partial charge in [-0.05, 0) is 59.2 Å². The van der Waals surface area contributed by atoms with Crippen molar-refractivity contribution >= 4 is 28.8 Å². The maximum absolute atomic E-state index is 4.59. The van der Waals surface area contributed by atoms with Crippen molar-refractivity contribution in [2.24, 2.45) is 4.99 Å². The Balaban J connectivity index is 1.95. The second-order valence-corrected chi connectivity index (χ2v) is 5.61. The van der Waals surface area contributed by atoms with Crippen molar-refractivity contribution in [3.8, 4) is 0 Å². The molecule has 0 saturated carbocycles. The molecule has 0 bridgehead atoms. The summed E-state index contributed by atoms with van der Waals surface area (Å²) in [5, 5.41) is 0. The molecule has 2 aromatic carbocycles. The first kappa shape index (κ1) is 13.3. The highest BCUT2D eigenvalue weighted by atomic mass is 127. The highest BCUT2D eigenvalue weighted by Gasteiger charge is 1.99. The van der Waals surface area contributed by atoms with Crippen LogP contribution in [-0.4, -0.2) is 12.3 Å². The Morgan fingerprint density at radius 3 is 2.39 bits per heavy atom. The van der Waals surface area contributed by atoms with Gasteiger partial charge in [-0.25, -0.2) is 0 Å². The van der Waals surface area contributed by atoms with E-state index in [1.807, 2.05) is 12.3 Å². The molecule has 0 amide bonds. The first-order chi connectivity index (χ1) is 8.74. The molecule has 1 unspecified atom stereocenters. The molecule has 0 saturated heterocycles. The molecule has 2 aromatic rings. The van der Waals surface area contributed by atoms with Gasteiger partial charge >= 0.3 is 0 Å². The van der Waals surface area contributed by atoms with E-state index < -0.39 is 0 Å². The van der Waals surface area contributed by atoms with E-state index in [1.54, 1.807) is 0 Å². The van der Waals surface area contributed by atoms with Crippen molar-refractivity contribution in [1.82, 2.24) is 0 Å². The molecular formula is C16H16IN. The van der Waals surface area contributed by atoms with Gasteiger partial charge in [0.25, 0.3) is 0 Å². The molecule has 0 aliphatic heterocycles. The zero-order valence-electron chi connectivity index (χ0n) is 10.4. The van der Waals surface area contributed by atoms with Gasteiger partial charge in [0, 0.05) is 9.78 Å². The minimum absolute atomic E-state index is 0.312. The van der Waals surface area contributed by atoms with Crippen molar-refractivity contribution in [2.45, 2.75) is 19.4 Å². The highest BCUT2D eigenvalue weighted by molar-refractivity contribution is 14.1. The van der Waals surface area contributed by atoms with E-state index in [9.17, 15) is 0 Å². The maximum Gasteiger partial charge on any atom is 0.0511 e. The molecule has 0 heterocycles. The Morgan fingerprint density at radius 1 is 1.06 bits per heavy atom. The lowest BCUT2D eigenvalue weighted by atomic mass is 10.1. The van der Waals surface area contributed by atoms with Gasteiger partial charge in [0.15, 0.2) is 0 Å². The number of nitrogens with zero attached hydrogens (tertiary/aromatic N) is 1. The standard InChI is InChI=1S/C16H16IN/c1-13(11-14-5-3-2-4-6-14)18-12-15-7-9-16(17)10-8-15/h2-10,12-13H,11H2,1H3. The van der Waals surface area contributed by atoms with Crippen LogP contribution in [-0.2, 0) is 6.42 Å². The second-order valence-electron chi connectivity index (χ2n) is 4.37. The van der Waals surface area contributed by atoms with Crippen LogP contribution in [0.2, 0.25) is 0 Å². The molecule has 0 spiro atoms. The molecule has 1 atom stereocenters. The number of halogens is 1. The number of rotatable bonds is 4. The lowest BCUT2D eigenvalue weighted by molar-refractivity contribution is 0.744. The lowest BCUT2D eigenvalue weighted by Gasteiger charge is -2.05. The van der Waals surface area contributed by atoms with E-state index in [-0.39, 0.29) is 0 Å². The summed E-state index contributed by atoms with van der Waals surface area (Å²) in [6.07, 6.45) is 2.95. The summed E-state index contributed by atoms with van der Waals surface area (Å²) in [6, 6.07) is 19.2. The summed E-state index contributed by atoms with van der Waals surface area (Å²) >= 11 is 2.31. The highest BCUT2D eigenvalue weighted by Crippen LogP contribution is 2.07. The van der Waals surface area contributed by atoms with Gasteiger partial charge in [-0.1, -0.05) is 42.5 Å². The summed E-state index contributed by atoms with van der Waals surface area (Å²) in [7, 11) is 0.